The Balaban J connectivity index is 1.97. The van der Waals surface area contributed by atoms with Gasteiger partial charge in [0.2, 0.25) is 0 Å². The lowest BCUT2D eigenvalue weighted by molar-refractivity contribution is 0.327. The van der Waals surface area contributed by atoms with Crippen molar-refractivity contribution in [3.05, 3.63) is 71.8 Å². The second-order valence-electron chi connectivity index (χ2n) is 5.35. The van der Waals surface area contributed by atoms with Gasteiger partial charge in [0.05, 0.1) is 0 Å². The summed E-state index contributed by atoms with van der Waals surface area (Å²) in [6.45, 7) is 2.35. The standard InChI is InChI=1S/C19H21N/c1-4-10-17(11-5-1)16-19(18-12-6-2-7-13-18)20-14-8-3-9-15-20/h1-2,4-7,10-13,16H,3,8-9,14-15H2. The first-order chi connectivity index (χ1) is 9.93. The molecule has 1 fully saturated rings. The van der Waals surface area contributed by atoms with Gasteiger partial charge in [-0.2, -0.15) is 0 Å². The van der Waals surface area contributed by atoms with Crippen molar-refractivity contribution in [1.82, 2.24) is 4.90 Å². The molecule has 1 heterocycles. The van der Waals surface area contributed by atoms with E-state index in [1.807, 2.05) is 0 Å². The van der Waals surface area contributed by atoms with Gasteiger partial charge in [-0.05, 0) is 36.5 Å². The summed E-state index contributed by atoms with van der Waals surface area (Å²) in [4.78, 5) is 2.53. The summed E-state index contributed by atoms with van der Waals surface area (Å²) in [7, 11) is 0. The number of hydrogen-bond donors (Lipinski definition) is 0. The van der Waals surface area contributed by atoms with E-state index in [2.05, 4.69) is 71.6 Å². The van der Waals surface area contributed by atoms with E-state index in [1.165, 1.54) is 49.2 Å². The van der Waals surface area contributed by atoms with Crippen molar-refractivity contribution in [3.8, 4) is 0 Å². The average Bonchev–Trinajstić information content (AvgIpc) is 2.55. The maximum Gasteiger partial charge on any atom is 0.0445 e. The van der Waals surface area contributed by atoms with E-state index in [4.69, 9.17) is 0 Å². The Bertz CT molecular complexity index is 551. The van der Waals surface area contributed by atoms with E-state index >= 15 is 0 Å². The predicted octanol–water partition coefficient (Wildman–Crippen LogP) is 4.67. The SMILES string of the molecule is C(=C(c1ccccc1)N1CCCCC1)c1ccccc1. The van der Waals surface area contributed by atoms with Crippen molar-refractivity contribution < 1.29 is 0 Å². The molecule has 1 aliphatic heterocycles. The van der Waals surface area contributed by atoms with Crippen LogP contribution in [0.5, 0.6) is 0 Å². The van der Waals surface area contributed by atoms with Gasteiger partial charge >= 0.3 is 0 Å². The number of rotatable bonds is 3. The first-order valence-corrected chi connectivity index (χ1v) is 7.50. The number of likely N-dealkylation sites (tertiary alicyclic amines) is 1. The van der Waals surface area contributed by atoms with Crippen LogP contribution in [0.4, 0.5) is 0 Å². The van der Waals surface area contributed by atoms with Gasteiger partial charge in [-0.3, -0.25) is 0 Å². The highest BCUT2D eigenvalue weighted by molar-refractivity contribution is 5.80. The van der Waals surface area contributed by atoms with Gasteiger partial charge in [0.1, 0.15) is 0 Å². The number of piperidine rings is 1. The normalized spacial score (nSPS) is 16.2. The largest absolute Gasteiger partial charge is 0.371 e. The van der Waals surface area contributed by atoms with Crippen LogP contribution in [0.25, 0.3) is 11.8 Å². The maximum absolute atomic E-state index is 2.53. The summed E-state index contributed by atoms with van der Waals surface area (Å²) in [6.07, 6.45) is 6.29. The van der Waals surface area contributed by atoms with Gasteiger partial charge in [0.25, 0.3) is 0 Å². The van der Waals surface area contributed by atoms with Crippen LogP contribution in [-0.2, 0) is 0 Å². The minimum absolute atomic E-state index is 1.17. The second-order valence-corrected chi connectivity index (χ2v) is 5.35. The smallest absolute Gasteiger partial charge is 0.0445 e. The van der Waals surface area contributed by atoms with Gasteiger partial charge in [0.15, 0.2) is 0 Å². The van der Waals surface area contributed by atoms with Crippen molar-refractivity contribution in [2.24, 2.45) is 0 Å². The third-order valence-corrected chi connectivity index (χ3v) is 3.87. The molecular formula is C19H21N. The number of nitrogens with zero attached hydrogens (tertiary/aromatic N) is 1. The molecule has 20 heavy (non-hydrogen) atoms. The predicted molar refractivity (Wildman–Crippen MR) is 86.2 cm³/mol. The Morgan fingerprint density at radius 3 is 2.00 bits per heavy atom. The summed E-state index contributed by atoms with van der Waals surface area (Å²) >= 11 is 0. The third-order valence-electron chi connectivity index (χ3n) is 3.87. The van der Waals surface area contributed by atoms with Crippen LogP contribution >= 0.6 is 0 Å². The van der Waals surface area contributed by atoms with E-state index in [1.54, 1.807) is 0 Å². The summed E-state index contributed by atoms with van der Waals surface area (Å²) < 4.78 is 0. The van der Waals surface area contributed by atoms with Crippen molar-refractivity contribution >= 4 is 11.8 Å². The summed E-state index contributed by atoms with van der Waals surface area (Å²) in [5.41, 5.74) is 3.95. The van der Waals surface area contributed by atoms with Gasteiger partial charge in [-0.25, -0.2) is 0 Å². The Hall–Kier alpha value is -2.02. The van der Waals surface area contributed by atoms with Crippen LogP contribution in [0.1, 0.15) is 30.4 Å². The van der Waals surface area contributed by atoms with Gasteiger partial charge in [0, 0.05) is 18.8 Å². The molecule has 1 heteroatoms. The van der Waals surface area contributed by atoms with Gasteiger partial charge in [-0.1, -0.05) is 60.7 Å². The van der Waals surface area contributed by atoms with Crippen LogP contribution < -0.4 is 0 Å². The van der Waals surface area contributed by atoms with E-state index in [0.29, 0.717) is 0 Å². The Kier molecular flexibility index (Phi) is 4.17. The monoisotopic (exact) mass is 263 g/mol. The molecule has 3 rings (SSSR count). The molecule has 0 atom stereocenters. The Morgan fingerprint density at radius 1 is 0.750 bits per heavy atom. The third kappa shape index (κ3) is 3.11. The van der Waals surface area contributed by atoms with Crippen molar-refractivity contribution in [2.45, 2.75) is 19.3 Å². The van der Waals surface area contributed by atoms with Gasteiger partial charge < -0.3 is 4.90 Å². The zero-order valence-corrected chi connectivity index (χ0v) is 11.8. The first kappa shape index (κ1) is 13.0. The molecule has 0 bridgehead atoms. The van der Waals surface area contributed by atoms with E-state index in [0.717, 1.165) is 0 Å². The second kappa shape index (κ2) is 6.42. The Morgan fingerprint density at radius 2 is 1.35 bits per heavy atom. The molecule has 2 aromatic rings. The van der Waals surface area contributed by atoms with E-state index in [9.17, 15) is 0 Å². The first-order valence-electron chi connectivity index (χ1n) is 7.50. The van der Waals surface area contributed by atoms with Crippen LogP contribution in [0.3, 0.4) is 0 Å². The quantitative estimate of drug-likeness (QED) is 0.727. The van der Waals surface area contributed by atoms with Crippen molar-refractivity contribution in [2.75, 3.05) is 13.1 Å². The van der Waals surface area contributed by atoms with Crippen LogP contribution in [0, 0.1) is 0 Å². The molecule has 0 saturated carbocycles. The highest BCUT2D eigenvalue weighted by atomic mass is 15.1. The summed E-state index contributed by atoms with van der Waals surface area (Å²) in [6, 6.07) is 21.4. The minimum Gasteiger partial charge on any atom is -0.371 e. The summed E-state index contributed by atoms with van der Waals surface area (Å²) in [5, 5.41) is 0. The molecule has 1 saturated heterocycles. The zero-order valence-electron chi connectivity index (χ0n) is 11.8. The van der Waals surface area contributed by atoms with Crippen molar-refractivity contribution in [1.29, 1.82) is 0 Å². The van der Waals surface area contributed by atoms with E-state index in [-0.39, 0.29) is 0 Å². The van der Waals surface area contributed by atoms with Crippen LogP contribution in [0.2, 0.25) is 0 Å². The lowest BCUT2D eigenvalue weighted by Gasteiger charge is -2.31. The molecule has 1 nitrogen and oxygen atoms in total. The molecule has 2 aromatic carbocycles. The fourth-order valence-corrected chi connectivity index (χ4v) is 2.81. The molecular weight excluding hydrogens is 242 g/mol. The minimum atomic E-state index is 1.17. The Labute approximate surface area is 121 Å². The molecule has 0 radical (unpaired) electrons. The molecule has 0 spiro atoms. The lowest BCUT2D eigenvalue weighted by Crippen LogP contribution is -2.28. The lowest BCUT2D eigenvalue weighted by atomic mass is 10.0. The van der Waals surface area contributed by atoms with Crippen LogP contribution in [0.15, 0.2) is 60.7 Å². The van der Waals surface area contributed by atoms with E-state index < -0.39 is 0 Å². The van der Waals surface area contributed by atoms with Gasteiger partial charge in [-0.15, -0.1) is 0 Å². The molecule has 0 aliphatic carbocycles. The maximum atomic E-state index is 2.53. The molecule has 0 N–H and O–H groups in total. The number of hydrogen-bond acceptors (Lipinski definition) is 1. The zero-order chi connectivity index (χ0) is 13.6. The molecule has 0 aromatic heterocycles. The highest BCUT2D eigenvalue weighted by Gasteiger charge is 2.14. The molecule has 102 valence electrons. The molecule has 0 unspecified atom stereocenters. The topological polar surface area (TPSA) is 3.24 Å². The van der Waals surface area contributed by atoms with Crippen LogP contribution in [-0.4, -0.2) is 18.0 Å². The summed E-state index contributed by atoms with van der Waals surface area (Å²) in [5.74, 6) is 0. The fraction of sp³-hybridized carbons (Fsp3) is 0.263. The fourth-order valence-electron chi connectivity index (χ4n) is 2.81. The van der Waals surface area contributed by atoms with Crippen molar-refractivity contribution in [3.63, 3.8) is 0 Å². The molecule has 0 amide bonds. The number of benzene rings is 2. The highest BCUT2D eigenvalue weighted by Crippen LogP contribution is 2.25. The molecule has 1 aliphatic rings. The average molecular weight is 263 g/mol.